The number of piperidine rings is 1. The van der Waals surface area contributed by atoms with E-state index >= 15 is 0 Å². The summed E-state index contributed by atoms with van der Waals surface area (Å²) in [5.74, 6) is -0.362. The molecule has 1 saturated heterocycles. The summed E-state index contributed by atoms with van der Waals surface area (Å²) in [6.45, 7) is 5.93. The predicted molar refractivity (Wildman–Crippen MR) is 107 cm³/mol. The fourth-order valence-electron chi connectivity index (χ4n) is 3.75. The summed E-state index contributed by atoms with van der Waals surface area (Å²) in [6, 6.07) is 4.89. The Morgan fingerprint density at radius 2 is 1.84 bits per heavy atom. The van der Waals surface area contributed by atoms with Crippen molar-refractivity contribution in [1.82, 2.24) is 24.8 Å². The van der Waals surface area contributed by atoms with Crippen molar-refractivity contribution < 1.29 is 22.8 Å². The maximum absolute atomic E-state index is 12.9. The van der Waals surface area contributed by atoms with Crippen LogP contribution < -0.4 is 0 Å². The number of nitrogens with zero attached hydrogens (tertiary/aromatic N) is 5. The Kier molecular flexibility index (Phi) is 6.97. The van der Waals surface area contributed by atoms with Gasteiger partial charge >= 0.3 is 6.18 Å². The molecule has 31 heavy (non-hydrogen) atoms. The van der Waals surface area contributed by atoms with E-state index < -0.39 is 11.7 Å². The Labute approximate surface area is 178 Å². The molecule has 0 radical (unpaired) electrons. The number of hydrogen-bond acceptors (Lipinski definition) is 4. The van der Waals surface area contributed by atoms with E-state index in [1.54, 1.807) is 20.7 Å². The largest absolute Gasteiger partial charge is 0.416 e. The van der Waals surface area contributed by atoms with Gasteiger partial charge in [-0.25, -0.2) is 4.68 Å². The van der Waals surface area contributed by atoms with Gasteiger partial charge in [-0.1, -0.05) is 23.4 Å². The van der Waals surface area contributed by atoms with Crippen LogP contribution in [0.25, 0.3) is 0 Å². The van der Waals surface area contributed by atoms with Crippen LogP contribution in [0.1, 0.15) is 54.3 Å². The number of rotatable bonds is 6. The number of likely N-dealkylation sites (tertiary alicyclic amines) is 1. The molecule has 0 unspecified atom stereocenters. The normalized spacial score (nSPS) is 15.2. The van der Waals surface area contributed by atoms with E-state index in [0.29, 0.717) is 50.3 Å². The maximum atomic E-state index is 12.9. The van der Waals surface area contributed by atoms with Crippen molar-refractivity contribution in [3.63, 3.8) is 0 Å². The maximum Gasteiger partial charge on any atom is 0.416 e. The van der Waals surface area contributed by atoms with Gasteiger partial charge in [-0.2, -0.15) is 13.2 Å². The second-order valence-corrected chi connectivity index (χ2v) is 7.55. The smallest absolute Gasteiger partial charge is 0.342 e. The first-order valence-corrected chi connectivity index (χ1v) is 10.4. The summed E-state index contributed by atoms with van der Waals surface area (Å²) < 4.78 is 40.3. The van der Waals surface area contributed by atoms with Gasteiger partial charge in [0, 0.05) is 26.2 Å². The highest BCUT2D eigenvalue weighted by atomic mass is 19.4. The van der Waals surface area contributed by atoms with Gasteiger partial charge in [-0.05, 0) is 38.3 Å². The van der Waals surface area contributed by atoms with Crippen molar-refractivity contribution in [2.45, 2.75) is 45.3 Å². The van der Waals surface area contributed by atoms with Crippen LogP contribution >= 0.6 is 0 Å². The third-order valence-corrected chi connectivity index (χ3v) is 5.58. The number of halogens is 3. The number of alkyl halides is 3. The lowest BCUT2D eigenvalue weighted by Crippen LogP contribution is -2.40. The molecule has 10 heteroatoms. The van der Waals surface area contributed by atoms with Crippen LogP contribution in [0, 0.1) is 0 Å². The number of carbonyl (C=O) groups is 2. The van der Waals surface area contributed by atoms with Gasteiger partial charge < -0.3 is 9.80 Å². The molecule has 1 aromatic heterocycles. The molecule has 1 fully saturated rings. The molecule has 0 atom stereocenters. The third kappa shape index (κ3) is 5.42. The second-order valence-electron chi connectivity index (χ2n) is 7.55. The summed E-state index contributed by atoms with van der Waals surface area (Å²) in [4.78, 5) is 28.3. The monoisotopic (exact) mass is 437 g/mol. The molecule has 1 aliphatic heterocycles. The van der Waals surface area contributed by atoms with Gasteiger partial charge in [0.25, 0.3) is 5.91 Å². The van der Waals surface area contributed by atoms with Crippen LogP contribution in [0.15, 0.2) is 30.5 Å². The molecule has 2 aromatic rings. The number of aromatic nitrogens is 3. The summed E-state index contributed by atoms with van der Waals surface area (Å²) in [5.41, 5.74) is -0.109. The predicted octanol–water partition coefficient (Wildman–Crippen LogP) is 3.19. The van der Waals surface area contributed by atoms with E-state index in [0.717, 1.165) is 12.1 Å². The zero-order chi connectivity index (χ0) is 22.6. The number of benzene rings is 1. The van der Waals surface area contributed by atoms with Crippen LogP contribution in [0.4, 0.5) is 13.2 Å². The minimum Gasteiger partial charge on any atom is -0.342 e. The van der Waals surface area contributed by atoms with Crippen molar-refractivity contribution in [2.24, 2.45) is 0 Å². The zero-order valence-corrected chi connectivity index (χ0v) is 17.6. The molecule has 0 N–H and O–H groups in total. The minimum atomic E-state index is -4.43. The number of amides is 2. The molecule has 168 valence electrons. The first-order valence-electron chi connectivity index (χ1n) is 10.4. The first kappa shape index (κ1) is 22.8. The summed E-state index contributed by atoms with van der Waals surface area (Å²) >= 11 is 0. The SMILES string of the molecule is CCN(CC)C(=O)c1cn(C2CCN(C(=O)Cc3cccc(C(F)(F)F)c3)CC2)nn1. The quantitative estimate of drug-likeness (QED) is 0.696. The molecule has 0 spiro atoms. The molecular formula is C21H26F3N5O2. The van der Waals surface area contributed by atoms with Gasteiger partial charge in [0.2, 0.25) is 5.91 Å². The van der Waals surface area contributed by atoms with E-state index in [9.17, 15) is 22.8 Å². The standard InChI is InChI=1S/C21H26F3N5O2/c1-3-27(4-2)20(31)18-14-29(26-25-18)17-8-10-28(11-9-17)19(30)13-15-6-5-7-16(12-15)21(22,23)24/h5-7,12,14,17H,3-4,8-11,13H2,1-2H3. The molecule has 2 amide bonds. The summed E-state index contributed by atoms with van der Waals surface area (Å²) in [7, 11) is 0. The molecule has 7 nitrogen and oxygen atoms in total. The first-order chi connectivity index (χ1) is 14.7. The fraction of sp³-hybridized carbons (Fsp3) is 0.524. The molecular weight excluding hydrogens is 411 g/mol. The summed E-state index contributed by atoms with van der Waals surface area (Å²) in [5, 5.41) is 8.09. The van der Waals surface area contributed by atoms with Gasteiger partial charge in [-0.15, -0.1) is 5.10 Å². The van der Waals surface area contributed by atoms with Gasteiger partial charge in [0.05, 0.1) is 24.2 Å². The van der Waals surface area contributed by atoms with Crippen molar-refractivity contribution in [2.75, 3.05) is 26.2 Å². The van der Waals surface area contributed by atoms with E-state index in [4.69, 9.17) is 0 Å². The fourth-order valence-corrected chi connectivity index (χ4v) is 3.75. The van der Waals surface area contributed by atoms with Crippen LogP contribution in [0.2, 0.25) is 0 Å². The lowest BCUT2D eigenvalue weighted by Gasteiger charge is -2.32. The highest BCUT2D eigenvalue weighted by Crippen LogP contribution is 2.30. The molecule has 0 aliphatic carbocycles. The van der Waals surface area contributed by atoms with Gasteiger partial charge in [0.15, 0.2) is 5.69 Å². The molecule has 2 heterocycles. The van der Waals surface area contributed by atoms with Crippen LogP contribution in [-0.4, -0.2) is 62.8 Å². The zero-order valence-electron chi connectivity index (χ0n) is 17.6. The Hall–Kier alpha value is -2.91. The topological polar surface area (TPSA) is 71.3 Å². The average molecular weight is 437 g/mol. The molecule has 1 aliphatic rings. The molecule has 0 bridgehead atoms. The van der Waals surface area contributed by atoms with Crippen LogP contribution in [0.3, 0.4) is 0 Å². The van der Waals surface area contributed by atoms with E-state index in [2.05, 4.69) is 10.3 Å². The molecule has 1 aromatic carbocycles. The second kappa shape index (κ2) is 9.49. The van der Waals surface area contributed by atoms with Crippen molar-refractivity contribution in [3.05, 3.63) is 47.3 Å². The number of carbonyl (C=O) groups excluding carboxylic acids is 2. The molecule has 3 rings (SSSR count). The van der Waals surface area contributed by atoms with E-state index in [-0.39, 0.29) is 24.3 Å². The summed E-state index contributed by atoms with van der Waals surface area (Å²) in [6.07, 6.45) is -1.58. The number of hydrogen-bond donors (Lipinski definition) is 0. The Bertz CT molecular complexity index is 916. The Morgan fingerprint density at radius 3 is 2.45 bits per heavy atom. The average Bonchev–Trinajstić information content (AvgIpc) is 3.24. The van der Waals surface area contributed by atoms with Gasteiger partial charge in [-0.3, -0.25) is 9.59 Å². The highest BCUT2D eigenvalue weighted by molar-refractivity contribution is 5.91. The van der Waals surface area contributed by atoms with E-state index in [1.807, 2.05) is 13.8 Å². The van der Waals surface area contributed by atoms with Gasteiger partial charge in [0.1, 0.15) is 0 Å². The highest BCUT2D eigenvalue weighted by Gasteiger charge is 2.31. The van der Waals surface area contributed by atoms with E-state index in [1.165, 1.54) is 12.1 Å². The van der Waals surface area contributed by atoms with Crippen molar-refractivity contribution >= 4 is 11.8 Å². The minimum absolute atomic E-state index is 0.0170. The van der Waals surface area contributed by atoms with Crippen LogP contribution in [0.5, 0.6) is 0 Å². The lowest BCUT2D eigenvalue weighted by molar-refractivity contribution is -0.138. The Balaban J connectivity index is 1.56. The van der Waals surface area contributed by atoms with Crippen LogP contribution in [-0.2, 0) is 17.4 Å². The third-order valence-electron chi connectivity index (χ3n) is 5.58. The Morgan fingerprint density at radius 1 is 1.16 bits per heavy atom. The lowest BCUT2D eigenvalue weighted by atomic mass is 10.0. The van der Waals surface area contributed by atoms with Crippen molar-refractivity contribution in [3.8, 4) is 0 Å². The van der Waals surface area contributed by atoms with Crippen molar-refractivity contribution in [1.29, 1.82) is 0 Å². The molecule has 0 saturated carbocycles.